The van der Waals surface area contributed by atoms with Gasteiger partial charge in [0.1, 0.15) is 5.82 Å². The number of anilines is 1. The van der Waals surface area contributed by atoms with Gasteiger partial charge in [0, 0.05) is 11.6 Å². The SMILES string of the molecule is NC(=NO)c1cc(NC(=O)C2CCCC2)ccc1F. The highest BCUT2D eigenvalue weighted by Gasteiger charge is 2.22. The number of nitrogens with two attached hydrogens (primary N) is 1. The van der Waals surface area contributed by atoms with Crippen LogP contribution in [0.2, 0.25) is 0 Å². The molecule has 102 valence electrons. The van der Waals surface area contributed by atoms with E-state index in [4.69, 9.17) is 10.9 Å². The lowest BCUT2D eigenvalue weighted by atomic mass is 10.1. The number of nitrogens with zero attached hydrogens (tertiary/aromatic N) is 1. The van der Waals surface area contributed by atoms with Crippen LogP contribution in [0, 0.1) is 11.7 Å². The number of amides is 1. The van der Waals surface area contributed by atoms with Crippen molar-refractivity contribution in [1.29, 1.82) is 0 Å². The van der Waals surface area contributed by atoms with E-state index in [2.05, 4.69) is 10.5 Å². The summed E-state index contributed by atoms with van der Waals surface area (Å²) in [7, 11) is 0. The van der Waals surface area contributed by atoms with Crippen molar-refractivity contribution < 1.29 is 14.4 Å². The van der Waals surface area contributed by atoms with Crippen LogP contribution in [0.4, 0.5) is 10.1 Å². The van der Waals surface area contributed by atoms with Gasteiger partial charge in [0.25, 0.3) is 0 Å². The number of oxime groups is 1. The third kappa shape index (κ3) is 3.01. The molecule has 1 aliphatic carbocycles. The molecule has 0 heterocycles. The lowest BCUT2D eigenvalue weighted by Crippen LogP contribution is -2.21. The predicted octanol–water partition coefficient (Wildman–Crippen LogP) is 2.05. The zero-order valence-corrected chi connectivity index (χ0v) is 10.4. The summed E-state index contributed by atoms with van der Waals surface area (Å²) in [5.74, 6) is -0.962. The Morgan fingerprint density at radius 3 is 2.74 bits per heavy atom. The van der Waals surface area contributed by atoms with E-state index in [-0.39, 0.29) is 23.2 Å². The molecule has 1 aliphatic rings. The van der Waals surface area contributed by atoms with E-state index in [0.29, 0.717) is 5.69 Å². The summed E-state index contributed by atoms with van der Waals surface area (Å²) in [5, 5.41) is 14.1. The van der Waals surface area contributed by atoms with Crippen LogP contribution in [0.25, 0.3) is 0 Å². The van der Waals surface area contributed by atoms with Gasteiger partial charge in [0.05, 0.1) is 5.56 Å². The standard InChI is InChI=1S/C13H16FN3O2/c14-11-6-5-9(7-10(11)12(15)17-19)16-13(18)8-3-1-2-4-8/h5-8,19H,1-4H2,(H2,15,17)(H,16,18). The summed E-state index contributed by atoms with van der Waals surface area (Å²) in [5.41, 5.74) is 5.77. The number of nitrogens with one attached hydrogen (secondary N) is 1. The fraction of sp³-hybridized carbons (Fsp3) is 0.385. The van der Waals surface area contributed by atoms with Crippen LogP contribution in [0.1, 0.15) is 31.2 Å². The van der Waals surface area contributed by atoms with E-state index in [1.165, 1.54) is 18.2 Å². The average Bonchev–Trinajstić information content (AvgIpc) is 2.94. The molecule has 1 aromatic carbocycles. The van der Waals surface area contributed by atoms with E-state index in [0.717, 1.165) is 25.7 Å². The second kappa shape index (κ2) is 5.69. The zero-order chi connectivity index (χ0) is 13.8. The number of carbonyl (C=O) groups is 1. The molecule has 1 amide bonds. The van der Waals surface area contributed by atoms with Crippen molar-refractivity contribution >= 4 is 17.4 Å². The van der Waals surface area contributed by atoms with E-state index >= 15 is 0 Å². The van der Waals surface area contributed by atoms with Crippen LogP contribution in [0.3, 0.4) is 0 Å². The Bertz CT molecular complexity index is 511. The van der Waals surface area contributed by atoms with E-state index in [9.17, 15) is 9.18 Å². The maximum Gasteiger partial charge on any atom is 0.227 e. The van der Waals surface area contributed by atoms with E-state index in [1.54, 1.807) is 0 Å². The molecule has 0 atom stereocenters. The summed E-state index contributed by atoms with van der Waals surface area (Å²) in [6.45, 7) is 0. The third-order valence-electron chi connectivity index (χ3n) is 3.34. The summed E-state index contributed by atoms with van der Waals surface area (Å²) in [4.78, 5) is 11.9. The van der Waals surface area contributed by atoms with Crippen LogP contribution in [-0.4, -0.2) is 17.0 Å². The highest BCUT2D eigenvalue weighted by atomic mass is 19.1. The monoisotopic (exact) mass is 265 g/mol. The summed E-state index contributed by atoms with van der Waals surface area (Å²) in [6, 6.07) is 3.99. The smallest absolute Gasteiger partial charge is 0.227 e. The largest absolute Gasteiger partial charge is 0.409 e. The van der Waals surface area contributed by atoms with Crippen molar-refractivity contribution in [3.63, 3.8) is 0 Å². The fourth-order valence-corrected chi connectivity index (χ4v) is 2.29. The molecule has 1 saturated carbocycles. The second-order valence-electron chi connectivity index (χ2n) is 4.65. The van der Waals surface area contributed by atoms with Crippen LogP contribution >= 0.6 is 0 Å². The topological polar surface area (TPSA) is 87.7 Å². The minimum Gasteiger partial charge on any atom is -0.409 e. The van der Waals surface area contributed by atoms with Gasteiger partial charge in [-0.3, -0.25) is 4.79 Å². The minimum absolute atomic E-state index is 0.0253. The fourth-order valence-electron chi connectivity index (χ4n) is 2.29. The maximum absolute atomic E-state index is 13.5. The maximum atomic E-state index is 13.5. The predicted molar refractivity (Wildman–Crippen MR) is 69.5 cm³/mol. The molecule has 0 bridgehead atoms. The molecule has 0 spiro atoms. The molecule has 1 aromatic rings. The van der Waals surface area contributed by atoms with Crippen molar-refractivity contribution in [2.45, 2.75) is 25.7 Å². The van der Waals surface area contributed by atoms with Crippen molar-refractivity contribution in [1.82, 2.24) is 0 Å². The summed E-state index contributed by atoms with van der Waals surface area (Å²) >= 11 is 0. The van der Waals surface area contributed by atoms with Gasteiger partial charge in [-0.2, -0.15) is 0 Å². The first-order chi connectivity index (χ1) is 9.11. The molecule has 0 radical (unpaired) electrons. The van der Waals surface area contributed by atoms with Gasteiger partial charge in [-0.15, -0.1) is 0 Å². The van der Waals surface area contributed by atoms with Crippen LogP contribution in [-0.2, 0) is 4.79 Å². The van der Waals surface area contributed by atoms with Crippen molar-refractivity contribution in [3.05, 3.63) is 29.6 Å². The Hall–Kier alpha value is -2.11. The second-order valence-corrected chi connectivity index (χ2v) is 4.65. The van der Waals surface area contributed by atoms with Gasteiger partial charge in [0.2, 0.25) is 5.91 Å². The third-order valence-corrected chi connectivity index (χ3v) is 3.34. The number of rotatable bonds is 3. The number of hydrogen-bond acceptors (Lipinski definition) is 3. The Kier molecular flexibility index (Phi) is 3.99. The van der Waals surface area contributed by atoms with Gasteiger partial charge in [0.15, 0.2) is 5.84 Å². The first-order valence-electron chi connectivity index (χ1n) is 6.20. The number of benzene rings is 1. The van der Waals surface area contributed by atoms with Gasteiger partial charge in [-0.1, -0.05) is 18.0 Å². The van der Waals surface area contributed by atoms with Crippen molar-refractivity contribution in [3.8, 4) is 0 Å². The minimum atomic E-state index is -0.603. The molecular weight excluding hydrogens is 249 g/mol. The Labute approximate surface area is 110 Å². The zero-order valence-electron chi connectivity index (χ0n) is 10.4. The number of amidine groups is 1. The molecular formula is C13H16FN3O2. The molecule has 6 heteroatoms. The lowest BCUT2D eigenvalue weighted by Gasteiger charge is -2.11. The molecule has 2 rings (SSSR count). The van der Waals surface area contributed by atoms with Gasteiger partial charge < -0.3 is 16.3 Å². The highest BCUT2D eigenvalue weighted by molar-refractivity contribution is 5.99. The molecule has 1 fully saturated rings. The molecule has 0 aromatic heterocycles. The van der Waals surface area contributed by atoms with Gasteiger partial charge in [-0.05, 0) is 31.0 Å². The number of carbonyl (C=O) groups excluding carboxylic acids is 1. The molecule has 4 N–H and O–H groups in total. The van der Waals surface area contributed by atoms with Crippen LogP contribution in [0.5, 0.6) is 0 Å². The molecule has 0 aliphatic heterocycles. The summed E-state index contributed by atoms with van der Waals surface area (Å²) in [6.07, 6.45) is 3.91. The Morgan fingerprint density at radius 1 is 1.42 bits per heavy atom. The molecule has 0 saturated heterocycles. The van der Waals surface area contributed by atoms with Crippen molar-refractivity contribution in [2.24, 2.45) is 16.8 Å². The van der Waals surface area contributed by atoms with Crippen LogP contribution in [0.15, 0.2) is 23.4 Å². The van der Waals surface area contributed by atoms with Crippen molar-refractivity contribution in [2.75, 3.05) is 5.32 Å². The Balaban J connectivity index is 2.14. The molecule has 5 nitrogen and oxygen atoms in total. The molecule has 0 unspecified atom stereocenters. The first kappa shape index (κ1) is 13.3. The first-order valence-corrected chi connectivity index (χ1v) is 6.20. The van der Waals surface area contributed by atoms with E-state index < -0.39 is 5.82 Å². The lowest BCUT2D eigenvalue weighted by molar-refractivity contribution is -0.119. The normalized spacial score (nSPS) is 16.6. The van der Waals surface area contributed by atoms with Gasteiger partial charge in [-0.25, -0.2) is 4.39 Å². The number of halogens is 1. The van der Waals surface area contributed by atoms with E-state index in [1.807, 2.05) is 0 Å². The average molecular weight is 265 g/mol. The Morgan fingerprint density at radius 2 is 2.11 bits per heavy atom. The van der Waals surface area contributed by atoms with Gasteiger partial charge >= 0.3 is 0 Å². The quantitative estimate of drug-likeness (QED) is 0.338. The van der Waals surface area contributed by atoms with Crippen LogP contribution < -0.4 is 11.1 Å². The summed E-state index contributed by atoms with van der Waals surface area (Å²) < 4.78 is 13.5. The number of hydrogen-bond donors (Lipinski definition) is 3. The highest BCUT2D eigenvalue weighted by Crippen LogP contribution is 2.26. The molecule has 19 heavy (non-hydrogen) atoms.